The van der Waals surface area contributed by atoms with Gasteiger partial charge in [0.25, 0.3) is 5.91 Å². The zero-order chi connectivity index (χ0) is 12.4. The van der Waals surface area contributed by atoms with E-state index >= 15 is 0 Å². The van der Waals surface area contributed by atoms with E-state index in [-0.39, 0.29) is 5.91 Å². The van der Waals surface area contributed by atoms with Gasteiger partial charge < -0.3 is 9.88 Å². The van der Waals surface area contributed by atoms with Crippen LogP contribution in [0.5, 0.6) is 0 Å². The molecule has 0 aliphatic heterocycles. The normalized spacial score (nSPS) is 10.3. The SMILES string of the molecule is Cn1ccnc1C(=O)Nc1ccc(Cl)cc1Br. The van der Waals surface area contributed by atoms with E-state index in [1.807, 2.05) is 0 Å². The third-order valence-corrected chi connectivity index (χ3v) is 3.09. The van der Waals surface area contributed by atoms with Crippen LogP contribution in [0.1, 0.15) is 10.6 Å². The highest BCUT2D eigenvalue weighted by molar-refractivity contribution is 9.10. The number of rotatable bonds is 2. The Morgan fingerprint density at radius 2 is 2.29 bits per heavy atom. The quantitative estimate of drug-likeness (QED) is 0.926. The molecule has 0 atom stereocenters. The van der Waals surface area contributed by atoms with Crippen LogP contribution in [0.2, 0.25) is 5.02 Å². The van der Waals surface area contributed by atoms with Gasteiger partial charge in [0, 0.05) is 28.9 Å². The topological polar surface area (TPSA) is 46.9 Å². The molecule has 2 rings (SSSR count). The summed E-state index contributed by atoms with van der Waals surface area (Å²) in [4.78, 5) is 15.9. The van der Waals surface area contributed by atoms with Crippen LogP contribution >= 0.6 is 27.5 Å². The standard InChI is InChI=1S/C11H9BrClN3O/c1-16-5-4-14-10(16)11(17)15-9-3-2-7(13)6-8(9)12/h2-6H,1H3,(H,15,17). The van der Waals surface area contributed by atoms with Crippen molar-refractivity contribution in [3.05, 3.63) is 45.9 Å². The Morgan fingerprint density at radius 1 is 1.53 bits per heavy atom. The average molecular weight is 315 g/mol. The molecular formula is C11H9BrClN3O. The molecule has 1 amide bonds. The predicted molar refractivity (Wildman–Crippen MR) is 70.3 cm³/mol. The lowest BCUT2D eigenvalue weighted by molar-refractivity contribution is 0.101. The Balaban J connectivity index is 2.22. The fourth-order valence-electron chi connectivity index (χ4n) is 1.35. The van der Waals surface area contributed by atoms with E-state index in [1.54, 1.807) is 42.2 Å². The summed E-state index contributed by atoms with van der Waals surface area (Å²) in [5.41, 5.74) is 0.655. The minimum Gasteiger partial charge on any atom is -0.330 e. The number of aryl methyl sites for hydroxylation is 1. The molecule has 0 bridgehead atoms. The number of hydrogen-bond acceptors (Lipinski definition) is 2. The van der Waals surface area contributed by atoms with Gasteiger partial charge in [-0.3, -0.25) is 4.79 Å². The lowest BCUT2D eigenvalue weighted by atomic mass is 10.3. The summed E-state index contributed by atoms with van der Waals surface area (Å²) in [5.74, 6) is 0.0902. The molecule has 6 heteroatoms. The molecule has 17 heavy (non-hydrogen) atoms. The zero-order valence-corrected chi connectivity index (χ0v) is 11.3. The first-order valence-electron chi connectivity index (χ1n) is 4.81. The summed E-state index contributed by atoms with van der Waals surface area (Å²) < 4.78 is 2.38. The number of nitrogens with one attached hydrogen (secondary N) is 1. The van der Waals surface area contributed by atoms with Crippen LogP contribution in [0, 0.1) is 0 Å². The van der Waals surface area contributed by atoms with Crippen LogP contribution in [0.25, 0.3) is 0 Å². The molecule has 4 nitrogen and oxygen atoms in total. The van der Waals surface area contributed by atoms with Crippen molar-refractivity contribution in [2.24, 2.45) is 7.05 Å². The van der Waals surface area contributed by atoms with Gasteiger partial charge in [-0.05, 0) is 34.1 Å². The summed E-state index contributed by atoms with van der Waals surface area (Å²) in [7, 11) is 1.76. The summed E-state index contributed by atoms with van der Waals surface area (Å²) in [5, 5.41) is 3.36. The Morgan fingerprint density at radius 3 is 2.88 bits per heavy atom. The summed E-state index contributed by atoms with van der Waals surface area (Å²) >= 11 is 9.15. The van der Waals surface area contributed by atoms with Gasteiger partial charge in [-0.15, -0.1) is 0 Å². The Labute approximate surface area is 112 Å². The average Bonchev–Trinajstić information content (AvgIpc) is 2.68. The van der Waals surface area contributed by atoms with Crippen molar-refractivity contribution in [2.45, 2.75) is 0 Å². The molecule has 0 radical (unpaired) electrons. The van der Waals surface area contributed by atoms with Gasteiger partial charge in [-0.2, -0.15) is 0 Å². The maximum atomic E-state index is 11.9. The van der Waals surface area contributed by atoms with Gasteiger partial charge in [0.1, 0.15) is 0 Å². The van der Waals surface area contributed by atoms with E-state index in [9.17, 15) is 4.79 Å². The number of imidazole rings is 1. The molecule has 0 unspecified atom stereocenters. The number of carbonyl (C=O) groups is 1. The van der Waals surface area contributed by atoms with Crippen LogP contribution in [-0.2, 0) is 7.05 Å². The minimum atomic E-state index is -0.263. The first-order valence-corrected chi connectivity index (χ1v) is 5.99. The second-order valence-corrected chi connectivity index (χ2v) is 4.73. The third kappa shape index (κ3) is 2.68. The molecule has 0 aliphatic carbocycles. The monoisotopic (exact) mass is 313 g/mol. The minimum absolute atomic E-state index is 0.263. The van der Waals surface area contributed by atoms with Crippen molar-refractivity contribution in [3.8, 4) is 0 Å². The molecule has 1 aromatic carbocycles. The fourth-order valence-corrected chi connectivity index (χ4v) is 2.14. The third-order valence-electron chi connectivity index (χ3n) is 2.20. The smallest absolute Gasteiger partial charge is 0.291 e. The van der Waals surface area contributed by atoms with E-state index in [0.717, 1.165) is 4.47 Å². The summed E-state index contributed by atoms with van der Waals surface area (Å²) in [6.07, 6.45) is 3.29. The lowest BCUT2D eigenvalue weighted by Gasteiger charge is -2.07. The highest BCUT2D eigenvalue weighted by Crippen LogP contribution is 2.26. The predicted octanol–water partition coefficient (Wildman–Crippen LogP) is 3.09. The van der Waals surface area contributed by atoms with Crippen molar-refractivity contribution in [3.63, 3.8) is 0 Å². The second kappa shape index (κ2) is 4.89. The maximum Gasteiger partial charge on any atom is 0.291 e. The second-order valence-electron chi connectivity index (χ2n) is 3.44. The van der Waals surface area contributed by atoms with Crippen molar-refractivity contribution < 1.29 is 4.79 Å². The number of aromatic nitrogens is 2. The Kier molecular flexibility index (Phi) is 3.49. The van der Waals surface area contributed by atoms with E-state index < -0.39 is 0 Å². The molecule has 2 aromatic rings. The van der Waals surface area contributed by atoms with Crippen molar-refractivity contribution in [1.82, 2.24) is 9.55 Å². The van der Waals surface area contributed by atoms with Crippen molar-refractivity contribution in [2.75, 3.05) is 5.32 Å². The molecule has 1 aromatic heterocycles. The number of carbonyl (C=O) groups excluding carboxylic acids is 1. The first kappa shape index (κ1) is 12.1. The lowest BCUT2D eigenvalue weighted by Crippen LogP contribution is -2.16. The summed E-state index contributed by atoms with van der Waals surface area (Å²) in [6, 6.07) is 5.16. The largest absolute Gasteiger partial charge is 0.330 e. The molecule has 0 aliphatic rings. The number of anilines is 1. The highest BCUT2D eigenvalue weighted by atomic mass is 79.9. The van der Waals surface area contributed by atoms with Crippen LogP contribution in [0.15, 0.2) is 35.1 Å². The first-order chi connectivity index (χ1) is 8.08. The van der Waals surface area contributed by atoms with E-state index in [4.69, 9.17) is 11.6 Å². The molecule has 0 spiro atoms. The number of nitrogens with zero attached hydrogens (tertiary/aromatic N) is 2. The van der Waals surface area contributed by atoms with Crippen molar-refractivity contribution in [1.29, 1.82) is 0 Å². The van der Waals surface area contributed by atoms with Crippen LogP contribution in [-0.4, -0.2) is 15.5 Å². The van der Waals surface area contributed by atoms with Gasteiger partial charge in [0.2, 0.25) is 0 Å². The molecule has 0 saturated heterocycles. The van der Waals surface area contributed by atoms with Crippen LogP contribution in [0.4, 0.5) is 5.69 Å². The molecular weight excluding hydrogens is 305 g/mol. The van der Waals surface area contributed by atoms with E-state index in [1.165, 1.54) is 0 Å². The maximum absolute atomic E-state index is 11.9. The zero-order valence-electron chi connectivity index (χ0n) is 8.95. The molecule has 88 valence electrons. The summed E-state index contributed by atoms with van der Waals surface area (Å²) in [6.45, 7) is 0. The van der Waals surface area contributed by atoms with Gasteiger partial charge in [-0.1, -0.05) is 11.6 Å². The number of halogens is 2. The van der Waals surface area contributed by atoms with Crippen LogP contribution < -0.4 is 5.32 Å². The fraction of sp³-hybridized carbons (Fsp3) is 0.0909. The van der Waals surface area contributed by atoms with Crippen LogP contribution in [0.3, 0.4) is 0 Å². The van der Waals surface area contributed by atoms with Gasteiger partial charge >= 0.3 is 0 Å². The van der Waals surface area contributed by atoms with E-state index in [2.05, 4.69) is 26.2 Å². The van der Waals surface area contributed by atoms with Gasteiger partial charge in [0.15, 0.2) is 5.82 Å². The molecule has 0 fully saturated rings. The van der Waals surface area contributed by atoms with E-state index in [0.29, 0.717) is 16.5 Å². The number of amides is 1. The van der Waals surface area contributed by atoms with Crippen molar-refractivity contribution >= 4 is 39.1 Å². The molecule has 0 saturated carbocycles. The van der Waals surface area contributed by atoms with Gasteiger partial charge in [-0.25, -0.2) is 4.98 Å². The molecule has 1 N–H and O–H groups in total. The number of hydrogen-bond donors (Lipinski definition) is 1. The highest BCUT2D eigenvalue weighted by Gasteiger charge is 2.12. The van der Waals surface area contributed by atoms with Gasteiger partial charge in [0.05, 0.1) is 5.69 Å². The molecule has 1 heterocycles. The Bertz CT molecular complexity index is 568. The number of benzene rings is 1. The Hall–Kier alpha value is -1.33.